The Labute approximate surface area is 186 Å². The van der Waals surface area contributed by atoms with Crippen molar-refractivity contribution >= 4 is 27.3 Å². The van der Waals surface area contributed by atoms with Crippen LogP contribution in [0.5, 0.6) is 11.5 Å². The number of ether oxygens (including phenoxy) is 2. The lowest BCUT2D eigenvalue weighted by atomic mass is 10.2. The highest BCUT2D eigenvalue weighted by atomic mass is 32.2. The molecule has 0 heterocycles. The van der Waals surface area contributed by atoms with Crippen molar-refractivity contribution in [3.05, 3.63) is 78.1 Å². The lowest BCUT2D eigenvalue weighted by Crippen LogP contribution is -2.38. The summed E-state index contributed by atoms with van der Waals surface area (Å²) in [5, 5.41) is 2.52. The van der Waals surface area contributed by atoms with Crippen molar-refractivity contribution in [2.24, 2.45) is 0 Å². The number of anilines is 2. The second kappa shape index (κ2) is 9.69. The van der Waals surface area contributed by atoms with Crippen molar-refractivity contribution in [1.29, 1.82) is 0 Å². The molecule has 0 aliphatic heterocycles. The summed E-state index contributed by atoms with van der Waals surface area (Å²) in [6, 6.07) is 16.2. The maximum Gasteiger partial charge on any atom is 0.264 e. The molecule has 3 aromatic carbocycles. The van der Waals surface area contributed by atoms with Gasteiger partial charge >= 0.3 is 0 Å². The molecule has 168 valence electrons. The van der Waals surface area contributed by atoms with E-state index >= 15 is 0 Å². The van der Waals surface area contributed by atoms with Gasteiger partial charge in [0.2, 0.25) is 5.91 Å². The Hall–Kier alpha value is -3.59. The molecule has 0 aromatic heterocycles. The standard InChI is InChI=1S/C23H23FN2O5S/c1-16-7-10-20(11-8-16)32(28,29)26(21-14-19(30-2)9-12-22(21)31-3)15-23(27)25-18-6-4-5-17(24)13-18/h4-14H,15H2,1-3H3,(H,25,27). The van der Waals surface area contributed by atoms with Gasteiger partial charge in [-0.05, 0) is 49.4 Å². The Kier molecular flexibility index (Phi) is 6.99. The number of methoxy groups -OCH3 is 2. The van der Waals surface area contributed by atoms with E-state index in [1.165, 1.54) is 50.6 Å². The molecule has 0 fully saturated rings. The van der Waals surface area contributed by atoms with E-state index in [0.29, 0.717) is 5.75 Å². The van der Waals surface area contributed by atoms with Crippen molar-refractivity contribution in [3.63, 3.8) is 0 Å². The van der Waals surface area contributed by atoms with Gasteiger partial charge in [0.05, 0.1) is 24.8 Å². The van der Waals surface area contributed by atoms with Crippen LogP contribution >= 0.6 is 0 Å². The molecule has 32 heavy (non-hydrogen) atoms. The minimum Gasteiger partial charge on any atom is -0.497 e. The number of hydrogen-bond acceptors (Lipinski definition) is 5. The molecule has 1 amide bonds. The minimum atomic E-state index is -4.16. The Morgan fingerprint density at radius 1 is 1.00 bits per heavy atom. The van der Waals surface area contributed by atoms with Crippen LogP contribution in [0.3, 0.4) is 0 Å². The SMILES string of the molecule is COc1ccc(OC)c(N(CC(=O)Nc2cccc(F)c2)S(=O)(=O)c2ccc(C)cc2)c1. The molecule has 0 radical (unpaired) electrons. The Morgan fingerprint density at radius 2 is 1.72 bits per heavy atom. The van der Waals surface area contributed by atoms with Gasteiger partial charge in [-0.3, -0.25) is 9.10 Å². The highest BCUT2D eigenvalue weighted by Crippen LogP contribution is 2.35. The monoisotopic (exact) mass is 458 g/mol. The molecule has 1 N–H and O–H groups in total. The maximum absolute atomic E-state index is 13.5. The number of hydrogen-bond donors (Lipinski definition) is 1. The van der Waals surface area contributed by atoms with E-state index in [-0.39, 0.29) is 22.0 Å². The van der Waals surface area contributed by atoms with E-state index in [4.69, 9.17) is 9.47 Å². The molecule has 3 rings (SSSR count). The van der Waals surface area contributed by atoms with Gasteiger partial charge in [-0.2, -0.15) is 0 Å². The number of carbonyl (C=O) groups is 1. The Balaban J connectivity index is 2.05. The predicted molar refractivity (Wildman–Crippen MR) is 120 cm³/mol. The normalized spacial score (nSPS) is 11.0. The second-order valence-electron chi connectivity index (χ2n) is 6.92. The Bertz CT molecular complexity index is 1210. The Morgan fingerprint density at radius 3 is 2.34 bits per heavy atom. The number of halogens is 1. The zero-order chi connectivity index (χ0) is 23.3. The van der Waals surface area contributed by atoms with E-state index in [1.54, 1.807) is 24.3 Å². The lowest BCUT2D eigenvalue weighted by molar-refractivity contribution is -0.114. The first kappa shape index (κ1) is 23.1. The summed E-state index contributed by atoms with van der Waals surface area (Å²) in [5.41, 5.74) is 1.22. The van der Waals surface area contributed by atoms with E-state index in [0.717, 1.165) is 15.9 Å². The summed E-state index contributed by atoms with van der Waals surface area (Å²) < 4.78 is 52.1. The fourth-order valence-electron chi connectivity index (χ4n) is 3.03. The number of benzene rings is 3. The third-order valence-electron chi connectivity index (χ3n) is 4.66. The van der Waals surface area contributed by atoms with Crippen LogP contribution in [0.2, 0.25) is 0 Å². The average molecular weight is 459 g/mol. The van der Waals surface area contributed by atoms with Gasteiger partial charge in [-0.15, -0.1) is 0 Å². The van der Waals surface area contributed by atoms with Crippen LogP contribution in [0.1, 0.15) is 5.56 Å². The molecular weight excluding hydrogens is 435 g/mol. The van der Waals surface area contributed by atoms with Crippen molar-refractivity contribution in [2.45, 2.75) is 11.8 Å². The van der Waals surface area contributed by atoms with Crippen molar-refractivity contribution in [3.8, 4) is 11.5 Å². The smallest absolute Gasteiger partial charge is 0.264 e. The molecule has 0 unspecified atom stereocenters. The van der Waals surface area contributed by atoms with Crippen molar-refractivity contribution < 1.29 is 27.1 Å². The number of carbonyl (C=O) groups excluding carboxylic acids is 1. The van der Waals surface area contributed by atoms with Crippen LogP contribution in [0.25, 0.3) is 0 Å². The predicted octanol–water partition coefficient (Wildman–Crippen LogP) is 3.99. The van der Waals surface area contributed by atoms with Gasteiger partial charge in [0.25, 0.3) is 10.0 Å². The number of rotatable bonds is 8. The minimum absolute atomic E-state index is 0.00604. The maximum atomic E-state index is 13.5. The third kappa shape index (κ3) is 5.17. The topological polar surface area (TPSA) is 84.9 Å². The zero-order valence-corrected chi connectivity index (χ0v) is 18.6. The molecule has 0 saturated carbocycles. The van der Waals surface area contributed by atoms with Crippen LogP contribution < -0.4 is 19.1 Å². The first-order valence-corrected chi connectivity index (χ1v) is 11.1. The van der Waals surface area contributed by atoms with Crippen molar-refractivity contribution in [2.75, 3.05) is 30.4 Å². The number of sulfonamides is 1. The third-order valence-corrected chi connectivity index (χ3v) is 6.43. The van der Waals surface area contributed by atoms with Crippen LogP contribution in [-0.2, 0) is 14.8 Å². The molecule has 0 aliphatic rings. The number of nitrogens with one attached hydrogen (secondary N) is 1. The van der Waals surface area contributed by atoms with E-state index in [9.17, 15) is 17.6 Å². The fourth-order valence-corrected chi connectivity index (χ4v) is 4.45. The van der Waals surface area contributed by atoms with Crippen LogP contribution in [-0.4, -0.2) is 35.1 Å². The summed E-state index contributed by atoms with van der Waals surface area (Å²) in [6.07, 6.45) is 0. The van der Waals surface area contributed by atoms with E-state index in [2.05, 4.69) is 5.32 Å². The largest absolute Gasteiger partial charge is 0.497 e. The highest BCUT2D eigenvalue weighted by molar-refractivity contribution is 7.92. The van der Waals surface area contributed by atoms with Crippen LogP contribution in [0, 0.1) is 12.7 Å². The molecule has 9 heteroatoms. The van der Waals surface area contributed by atoms with Crippen LogP contribution in [0.15, 0.2) is 71.6 Å². The van der Waals surface area contributed by atoms with Gasteiger partial charge in [0, 0.05) is 11.8 Å². The summed E-state index contributed by atoms with van der Waals surface area (Å²) in [5.74, 6) is -0.562. The first-order valence-electron chi connectivity index (χ1n) is 9.61. The van der Waals surface area contributed by atoms with E-state index in [1.807, 2.05) is 6.92 Å². The van der Waals surface area contributed by atoms with Gasteiger partial charge in [0.1, 0.15) is 23.9 Å². The van der Waals surface area contributed by atoms with Gasteiger partial charge in [-0.1, -0.05) is 23.8 Å². The molecule has 0 aliphatic carbocycles. The van der Waals surface area contributed by atoms with Gasteiger partial charge < -0.3 is 14.8 Å². The summed E-state index contributed by atoms with van der Waals surface area (Å²) in [6.45, 7) is 1.27. The molecule has 0 atom stereocenters. The zero-order valence-electron chi connectivity index (χ0n) is 17.8. The molecule has 7 nitrogen and oxygen atoms in total. The fraction of sp³-hybridized carbons (Fsp3) is 0.174. The first-order chi connectivity index (χ1) is 15.2. The van der Waals surface area contributed by atoms with Gasteiger partial charge in [0.15, 0.2) is 0 Å². The second-order valence-corrected chi connectivity index (χ2v) is 8.78. The molecule has 0 spiro atoms. The summed E-state index contributed by atoms with van der Waals surface area (Å²) in [7, 11) is -1.32. The quantitative estimate of drug-likeness (QED) is 0.552. The molecule has 3 aromatic rings. The number of aryl methyl sites for hydroxylation is 1. The molecule has 0 saturated heterocycles. The lowest BCUT2D eigenvalue weighted by Gasteiger charge is -2.26. The highest BCUT2D eigenvalue weighted by Gasteiger charge is 2.30. The van der Waals surface area contributed by atoms with Crippen molar-refractivity contribution in [1.82, 2.24) is 0 Å². The molecular formula is C23H23FN2O5S. The number of amides is 1. The van der Waals surface area contributed by atoms with Crippen LogP contribution in [0.4, 0.5) is 15.8 Å². The summed E-state index contributed by atoms with van der Waals surface area (Å²) >= 11 is 0. The molecule has 0 bridgehead atoms. The van der Waals surface area contributed by atoms with E-state index < -0.39 is 28.3 Å². The van der Waals surface area contributed by atoms with Gasteiger partial charge in [-0.25, -0.2) is 12.8 Å². The summed E-state index contributed by atoms with van der Waals surface area (Å²) in [4.78, 5) is 12.8. The number of nitrogens with zero attached hydrogens (tertiary/aromatic N) is 1. The average Bonchev–Trinajstić information content (AvgIpc) is 2.77.